The van der Waals surface area contributed by atoms with E-state index in [1.807, 2.05) is 0 Å². The molecule has 1 saturated heterocycles. The molecule has 4 heteroatoms. The number of rotatable bonds is 3. The minimum absolute atomic E-state index is 0.240. The Morgan fingerprint density at radius 1 is 1.47 bits per heavy atom. The quantitative estimate of drug-likeness (QED) is 0.716. The second kappa shape index (κ2) is 4.21. The van der Waals surface area contributed by atoms with Crippen molar-refractivity contribution in [3.05, 3.63) is 0 Å². The molecule has 1 rings (SSSR count). The standard InChI is InChI=1S/C11H23O3P/c1-8-11(2,13)10(12)9(14-8)6-7-15(3,4)5/h8-10,12-13H,3,6-7H2,1-2,4-5H3/t8-,9?,10+,11-/m0/s1. The highest BCUT2D eigenvalue weighted by atomic mass is 31.2. The molecule has 2 N–H and O–H groups in total. The van der Waals surface area contributed by atoms with Gasteiger partial charge in [-0.1, -0.05) is 0 Å². The smallest absolute Gasteiger partial charge is 0.116 e. The zero-order valence-electron chi connectivity index (χ0n) is 10.1. The van der Waals surface area contributed by atoms with Crippen LogP contribution in [0.4, 0.5) is 0 Å². The van der Waals surface area contributed by atoms with Gasteiger partial charge in [-0.25, -0.2) is 0 Å². The Morgan fingerprint density at radius 2 is 2.00 bits per heavy atom. The highest BCUT2D eigenvalue weighted by Gasteiger charge is 2.49. The van der Waals surface area contributed by atoms with Gasteiger partial charge in [-0.05, 0) is 39.8 Å². The lowest BCUT2D eigenvalue weighted by Crippen LogP contribution is -2.44. The average molecular weight is 234 g/mol. The minimum atomic E-state index is -1.12. The molecule has 1 aliphatic heterocycles. The maximum absolute atomic E-state index is 9.95. The van der Waals surface area contributed by atoms with Crippen molar-refractivity contribution < 1.29 is 14.9 Å². The van der Waals surface area contributed by atoms with E-state index in [-0.39, 0.29) is 12.2 Å². The average Bonchev–Trinajstić information content (AvgIpc) is 2.25. The first-order valence-corrected chi connectivity index (χ1v) is 8.43. The largest absolute Gasteiger partial charge is 0.387 e. The lowest BCUT2D eigenvalue weighted by atomic mass is 9.93. The Bertz CT molecular complexity index is 269. The van der Waals surface area contributed by atoms with Crippen molar-refractivity contribution in [1.82, 2.24) is 0 Å². The molecule has 0 saturated carbocycles. The van der Waals surface area contributed by atoms with Crippen LogP contribution < -0.4 is 0 Å². The van der Waals surface area contributed by atoms with E-state index in [1.54, 1.807) is 13.8 Å². The Morgan fingerprint density at radius 3 is 2.33 bits per heavy atom. The molecule has 90 valence electrons. The van der Waals surface area contributed by atoms with Gasteiger partial charge in [0.2, 0.25) is 0 Å². The van der Waals surface area contributed by atoms with Crippen molar-refractivity contribution in [2.24, 2.45) is 0 Å². The van der Waals surface area contributed by atoms with Crippen molar-refractivity contribution in [2.75, 3.05) is 19.5 Å². The summed E-state index contributed by atoms with van der Waals surface area (Å²) in [5.74, 6) is 0. The van der Waals surface area contributed by atoms with Crippen LogP contribution in [0.3, 0.4) is 0 Å². The highest BCUT2D eigenvalue weighted by molar-refractivity contribution is 7.72. The maximum Gasteiger partial charge on any atom is 0.116 e. The fourth-order valence-corrected chi connectivity index (χ4v) is 2.75. The second-order valence-electron chi connectivity index (χ2n) is 5.44. The number of aliphatic hydroxyl groups is 2. The van der Waals surface area contributed by atoms with Crippen LogP contribution in [0.5, 0.6) is 0 Å². The summed E-state index contributed by atoms with van der Waals surface area (Å²) >= 11 is 0. The topological polar surface area (TPSA) is 49.7 Å². The number of ether oxygens (including phenoxy) is 1. The van der Waals surface area contributed by atoms with Gasteiger partial charge < -0.3 is 14.9 Å². The van der Waals surface area contributed by atoms with E-state index < -0.39 is 18.6 Å². The van der Waals surface area contributed by atoms with Crippen LogP contribution in [0.25, 0.3) is 0 Å². The lowest BCUT2D eigenvalue weighted by Gasteiger charge is -2.24. The van der Waals surface area contributed by atoms with E-state index in [0.29, 0.717) is 0 Å². The van der Waals surface area contributed by atoms with Gasteiger partial charge in [0.25, 0.3) is 0 Å². The molecule has 0 aliphatic carbocycles. The predicted octanol–water partition coefficient (Wildman–Crippen LogP) is 0.985. The summed E-state index contributed by atoms with van der Waals surface area (Å²) in [4.78, 5) is 0. The van der Waals surface area contributed by atoms with Gasteiger partial charge in [-0.2, -0.15) is 0 Å². The molecule has 0 bridgehead atoms. The van der Waals surface area contributed by atoms with Crippen molar-refractivity contribution >= 4 is 13.2 Å². The highest BCUT2D eigenvalue weighted by Crippen LogP contribution is 2.39. The number of hydrogen-bond donors (Lipinski definition) is 2. The summed E-state index contributed by atoms with van der Waals surface area (Å²) in [6.45, 7) is 6.68. The third-order valence-electron chi connectivity index (χ3n) is 3.17. The molecule has 0 amide bonds. The molecule has 0 aromatic carbocycles. The minimum Gasteiger partial charge on any atom is -0.387 e. The molecule has 1 aliphatic rings. The molecule has 0 spiro atoms. The third-order valence-corrected chi connectivity index (χ3v) is 4.64. The molecular formula is C11H23O3P. The Labute approximate surface area is 92.4 Å². The Kier molecular flexibility index (Phi) is 3.72. The van der Waals surface area contributed by atoms with Gasteiger partial charge in [-0.15, -0.1) is 13.2 Å². The van der Waals surface area contributed by atoms with Crippen molar-refractivity contribution in [3.63, 3.8) is 0 Å². The fourth-order valence-electron chi connectivity index (χ4n) is 1.79. The molecule has 1 fully saturated rings. The summed E-state index contributed by atoms with van der Waals surface area (Å²) < 4.78 is 5.57. The first kappa shape index (κ1) is 13.2. The van der Waals surface area contributed by atoms with Crippen molar-refractivity contribution in [1.29, 1.82) is 0 Å². The van der Waals surface area contributed by atoms with Crippen LogP contribution in [0, 0.1) is 0 Å². The zero-order valence-corrected chi connectivity index (χ0v) is 11.0. The van der Waals surface area contributed by atoms with Crippen LogP contribution in [-0.2, 0) is 4.74 Å². The predicted molar refractivity (Wildman–Crippen MR) is 66.3 cm³/mol. The zero-order chi connectivity index (χ0) is 11.9. The van der Waals surface area contributed by atoms with Gasteiger partial charge in [0.1, 0.15) is 11.7 Å². The van der Waals surface area contributed by atoms with Crippen molar-refractivity contribution in [2.45, 2.75) is 44.2 Å². The monoisotopic (exact) mass is 234 g/mol. The third kappa shape index (κ3) is 3.07. The molecule has 1 unspecified atom stereocenters. The van der Waals surface area contributed by atoms with Gasteiger partial charge in [0, 0.05) is 0 Å². The number of aliphatic hydroxyl groups excluding tert-OH is 1. The van der Waals surface area contributed by atoms with E-state index in [4.69, 9.17) is 4.74 Å². The Balaban J connectivity index is 2.57. The van der Waals surface area contributed by atoms with E-state index in [2.05, 4.69) is 19.6 Å². The van der Waals surface area contributed by atoms with E-state index >= 15 is 0 Å². The molecular weight excluding hydrogens is 211 g/mol. The summed E-state index contributed by atoms with van der Waals surface area (Å²) in [7, 11) is 0. The molecule has 4 atom stereocenters. The number of hydrogen-bond acceptors (Lipinski definition) is 3. The van der Waals surface area contributed by atoms with Crippen molar-refractivity contribution in [3.8, 4) is 0 Å². The molecule has 15 heavy (non-hydrogen) atoms. The lowest BCUT2D eigenvalue weighted by molar-refractivity contribution is -0.0568. The fraction of sp³-hybridized carbons (Fsp3) is 0.909. The molecule has 0 radical (unpaired) electrons. The summed E-state index contributed by atoms with van der Waals surface area (Å²) in [6.07, 6.45) is 4.57. The summed E-state index contributed by atoms with van der Waals surface area (Å²) in [5, 5.41) is 19.9. The van der Waals surface area contributed by atoms with Crippen LogP contribution in [0.2, 0.25) is 0 Å². The van der Waals surface area contributed by atoms with Gasteiger partial charge in [-0.3, -0.25) is 0 Å². The summed E-state index contributed by atoms with van der Waals surface area (Å²) in [5.41, 5.74) is -1.12. The summed E-state index contributed by atoms with van der Waals surface area (Å²) in [6, 6.07) is 0. The first-order chi connectivity index (χ1) is 6.64. The SMILES string of the molecule is C=P(C)(C)CCC1O[C@@H](C)[C@](C)(O)[C@@H]1O. The van der Waals surface area contributed by atoms with E-state index in [9.17, 15) is 10.2 Å². The van der Waals surface area contributed by atoms with Gasteiger partial charge in [0.05, 0.1) is 12.2 Å². The molecule has 0 aromatic rings. The van der Waals surface area contributed by atoms with Crippen LogP contribution in [-0.4, -0.2) is 59.9 Å². The first-order valence-electron chi connectivity index (χ1n) is 5.38. The van der Waals surface area contributed by atoms with E-state index in [1.165, 1.54) is 0 Å². The second-order valence-corrected chi connectivity index (χ2v) is 9.75. The van der Waals surface area contributed by atoms with Crippen LogP contribution in [0.1, 0.15) is 20.3 Å². The molecule has 1 heterocycles. The molecule has 0 aromatic heterocycles. The van der Waals surface area contributed by atoms with Gasteiger partial charge >= 0.3 is 0 Å². The van der Waals surface area contributed by atoms with Crippen LogP contribution >= 0.6 is 6.89 Å². The maximum atomic E-state index is 9.95. The Hall–Kier alpha value is 0.180. The molecule has 3 nitrogen and oxygen atoms in total. The van der Waals surface area contributed by atoms with Gasteiger partial charge in [0.15, 0.2) is 0 Å². The van der Waals surface area contributed by atoms with Crippen LogP contribution in [0.15, 0.2) is 0 Å². The van der Waals surface area contributed by atoms with E-state index in [0.717, 1.165) is 12.6 Å². The normalized spacial score (nSPS) is 42.1.